The van der Waals surface area contributed by atoms with E-state index in [-0.39, 0.29) is 11.9 Å². The van der Waals surface area contributed by atoms with Crippen molar-refractivity contribution in [1.29, 1.82) is 0 Å². The second kappa shape index (κ2) is 7.26. The molecule has 112 valence electrons. The van der Waals surface area contributed by atoms with E-state index in [4.69, 9.17) is 23.2 Å². The van der Waals surface area contributed by atoms with Gasteiger partial charge in [-0.25, -0.2) is 4.39 Å². The van der Waals surface area contributed by atoms with Crippen LogP contribution in [0.4, 0.5) is 4.39 Å². The van der Waals surface area contributed by atoms with Crippen LogP contribution in [0.5, 0.6) is 0 Å². The molecule has 1 N–H and O–H groups in total. The standard InChI is InChI=1S/C17H18Cl2FN/c1-3-21-17(14-6-4-11(2)8-16(14)20)10-12-9-13(18)5-7-15(12)19/h4-9,17,21H,3,10H2,1-2H3. The zero-order chi connectivity index (χ0) is 15.4. The largest absolute Gasteiger partial charge is 0.310 e. The Bertz CT molecular complexity index is 628. The molecular weight excluding hydrogens is 308 g/mol. The molecule has 4 heteroatoms. The van der Waals surface area contributed by atoms with Crippen LogP contribution < -0.4 is 5.32 Å². The smallest absolute Gasteiger partial charge is 0.128 e. The van der Waals surface area contributed by atoms with Gasteiger partial charge in [0.05, 0.1) is 0 Å². The van der Waals surface area contributed by atoms with Gasteiger partial charge in [-0.2, -0.15) is 0 Å². The van der Waals surface area contributed by atoms with Crippen LogP contribution in [0.15, 0.2) is 36.4 Å². The van der Waals surface area contributed by atoms with E-state index in [1.807, 2.05) is 32.0 Å². The Hall–Kier alpha value is -1.09. The van der Waals surface area contributed by atoms with Gasteiger partial charge in [0, 0.05) is 21.7 Å². The Labute approximate surface area is 135 Å². The van der Waals surface area contributed by atoms with Crippen molar-refractivity contribution in [3.05, 3.63) is 69.0 Å². The molecule has 0 aliphatic heterocycles. The summed E-state index contributed by atoms with van der Waals surface area (Å²) in [5.41, 5.74) is 2.47. The number of aryl methyl sites for hydroxylation is 1. The third-order valence-electron chi connectivity index (χ3n) is 3.41. The van der Waals surface area contributed by atoms with Gasteiger partial charge >= 0.3 is 0 Å². The molecule has 0 saturated heterocycles. The molecule has 0 aromatic heterocycles. The minimum atomic E-state index is -0.195. The molecule has 0 fully saturated rings. The summed E-state index contributed by atoms with van der Waals surface area (Å²) in [6, 6.07) is 10.5. The molecular formula is C17H18Cl2FN. The second-order valence-electron chi connectivity index (χ2n) is 5.08. The zero-order valence-corrected chi connectivity index (χ0v) is 13.6. The fourth-order valence-corrected chi connectivity index (χ4v) is 2.76. The van der Waals surface area contributed by atoms with Crippen molar-refractivity contribution in [2.24, 2.45) is 0 Å². The summed E-state index contributed by atoms with van der Waals surface area (Å²) in [7, 11) is 0. The number of likely N-dealkylation sites (N-methyl/N-ethyl adjacent to an activating group) is 1. The van der Waals surface area contributed by atoms with Crippen LogP contribution in [-0.2, 0) is 6.42 Å². The molecule has 0 aliphatic rings. The van der Waals surface area contributed by atoms with Crippen molar-refractivity contribution in [2.75, 3.05) is 6.54 Å². The minimum absolute atomic E-state index is 0.133. The van der Waals surface area contributed by atoms with Gasteiger partial charge in [0.25, 0.3) is 0 Å². The molecule has 2 aromatic rings. The van der Waals surface area contributed by atoms with Crippen LogP contribution in [0, 0.1) is 12.7 Å². The molecule has 0 heterocycles. The molecule has 21 heavy (non-hydrogen) atoms. The first-order valence-electron chi connectivity index (χ1n) is 6.94. The molecule has 0 radical (unpaired) electrons. The van der Waals surface area contributed by atoms with E-state index < -0.39 is 0 Å². The summed E-state index contributed by atoms with van der Waals surface area (Å²) in [6.45, 7) is 4.62. The third-order valence-corrected chi connectivity index (χ3v) is 4.02. The molecule has 1 atom stereocenters. The molecule has 1 unspecified atom stereocenters. The first-order valence-corrected chi connectivity index (χ1v) is 7.70. The first-order chi connectivity index (χ1) is 10.0. The lowest BCUT2D eigenvalue weighted by atomic mass is 9.97. The van der Waals surface area contributed by atoms with Crippen LogP contribution in [0.3, 0.4) is 0 Å². The average Bonchev–Trinajstić information content (AvgIpc) is 2.42. The molecule has 0 saturated carbocycles. The first kappa shape index (κ1) is 16.3. The maximum Gasteiger partial charge on any atom is 0.128 e. The van der Waals surface area contributed by atoms with Gasteiger partial charge < -0.3 is 5.32 Å². The van der Waals surface area contributed by atoms with Crippen molar-refractivity contribution >= 4 is 23.2 Å². The van der Waals surface area contributed by atoms with Gasteiger partial charge in [-0.05, 0) is 55.3 Å². The lowest BCUT2D eigenvalue weighted by Crippen LogP contribution is -2.24. The maximum atomic E-state index is 14.2. The molecule has 0 bridgehead atoms. The van der Waals surface area contributed by atoms with Crippen LogP contribution in [-0.4, -0.2) is 6.54 Å². The number of benzene rings is 2. The summed E-state index contributed by atoms with van der Waals surface area (Å²) in [5.74, 6) is -0.195. The number of halogens is 3. The van der Waals surface area contributed by atoms with Crippen LogP contribution in [0.2, 0.25) is 10.0 Å². The second-order valence-corrected chi connectivity index (χ2v) is 5.92. The van der Waals surface area contributed by atoms with E-state index in [2.05, 4.69) is 5.32 Å². The highest BCUT2D eigenvalue weighted by atomic mass is 35.5. The van der Waals surface area contributed by atoms with Gasteiger partial charge in [-0.3, -0.25) is 0 Å². The minimum Gasteiger partial charge on any atom is -0.310 e. The normalized spacial score (nSPS) is 12.4. The van der Waals surface area contributed by atoms with Gasteiger partial charge in [0.2, 0.25) is 0 Å². The van der Waals surface area contributed by atoms with Crippen molar-refractivity contribution in [1.82, 2.24) is 5.32 Å². The van der Waals surface area contributed by atoms with Gasteiger partial charge in [-0.15, -0.1) is 0 Å². The van der Waals surface area contributed by atoms with Crippen molar-refractivity contribution in [3.8, 4) is 0 Å². The highest BCUT2D eigenvalue weighted by Gasteiger charge is 2.17. The van der Waals surface area contributed by atoms with Crippen LogP contribution >= 0.6 is 23.2 Å². The molecule has 2 aromatic carbocycles. The summed E-state index contributed by atoms with van der Waals surface area (Å²) in [5, 5.41) is 4.59. The Morgan fingerprint density at radius 3 is 2.57 bits per heavy atom. The highest BCUT2D eigenvalue weighted by Crippen LogP contribution is 2.27. The predicted octanol–water partition coefficient (Wildman–Crippen LogP) is 5.33. The maximum absolute atomic E-state index is 14.2. The van der Waals surface area contributed by atoms with Gasteiger partial charge in [-0.1, -0.05) is 42.3 Å². The lowest BCUT2D eigenvalue weighted by molar-refractivity contribution is 0.509. The van der Waals surface area contributed by atoms with E-state index in [0.29, 0.717) is 22.0 Å². The highest BCUT2D eigenvalue weighted by molar-refractivity contribution is 6.33. The predicted molar refractivity (Wildman–Crippen MR) is 87.7 cm³/mol. The van der Waals surface area contributed by atoms with Crippen molar-refractivity contribution in [2.45, 2.75) is 26.3 Å². The van der Waals surface area contributed by atoms with Crippen LogP contribution in [0.25, 0.3) is 0 Å². The Kier molecular flexibility index (Phi) is 5.63. The summed E-state index contributed by atoms with van der Waals surface area (Å²) in [6.07, 6.45) is 0.590. The van der Waals surface area contributed by atoms with Crippen molar-refractivity contribution < 1.29 is 4.39 Å². The molecule has 0 aliphatic carbocycles. The lowest BCUT2D eigenvalue weighted by Gasteiger charge is -2.20. The number of rotatable bonds is 5. The average molecular weight is 326 g/mol. The topological polar surface area (TPSA) is 12.0 Å². The zero-order valence-electron chi connectivity index (χ0n) is 12.1. The fourth-order valence-electron chi connectivity index (χ4n) is 2.37. The Morgan fingerprint density at radius 2 is 1.90 bits per heavy atom. The van der Waals surface area contributed by atoms with Gasteiger partial charge in [0.1, 0.15) is 5.82 Å². The number of hydrogen-bond donors (Lipinski definition) is 1. The fraction of sp³-hybridized carbons (Fsp3) is 0.294. The molecule has 2 rings (SSSR count). The van der Waals surface area contributed by atoms with Gasteiger partial charge in [0.15, 0.2) is 0 Å². The quantitative estimate of drug-likeness (QED) is 0.782. The van der Waals surface area contributed by atoms with E-state index >= 15 is 0 Å². The summed E-state index contributed by atoms with van der Waals surface area (Å²) in [4.78, 5) is 0. The SMILES string of the molecule is CCNC(Cc1cc(Cl)ccc1Cl)c1ccc(C)cc1F. The Morgan fingerprint density at radius 1 is 1.14 bits per heavy atom. The third kappa shape index (κ3) is 4.19. The van der Waals surface area contributed by atoms with Crippen molar-refractivity contribution in [3.63, 3.8) is 0 Å². The molecule has 0 spiro atoms. The number of hydrogen-bond acceptors (Lipinski definition) is 1. The Balaban J connectivity index is 2.32. The summed E-state index contributed by atoms with van der Waals surface area (Å²) < 4.78 is 14.2. The van der Waals surface area contributed by atoms with E-state index in [9.17, 15) is 4.39 Å². The van der Waals surface area contributed by atoms with Crippen LogP contribution in [0.1, 0.15) is 29.7 Å². The molecule has 1 nitrogen and oxygen atoms in total. The summed E-state index contributed by atoms with van der Waals surface area (Å²) >= 11 is 12.2. The molecule has 0 amide bonds. The van der Waals surface area contributed by atoms with E-state index in [1.54, 1.807) is 18.2 Å². The van der Waals surface area contributed by atoms with E-state index in [0.717, 1.165) is 17.7 Å². The van der Waals surface area contributed by atoms with E-state index in [1.165, 1.54) is 0 Å². The monoisotopic (exact) mass is 325 g/mol. The number of nitrogens with one attached hydrogen (secondary N) is 1.